The molecule has 0 saturated heterocycles. The molecule has 0 aliphatic rings. The van der Waals surface area contributed by atoms with Crippen molar-refractivity contribution in [3.8, 4) is 16.3 Å². The molecular formula is C13H14N4O2S. The molecule has 6 nitrogen and oxygen atoms in total. The highest BCUT2D eigenvalue weighted by molar-refractivity contribution is 7.19. The molecule has 0 aliphatic heterocycles. The Bertz CT molecular complexity index is 722. The molecule has 0 amide bonds. The second-order valence-electron chi connectivity index (χ2n) is 4.11. The lowest BCUT2D eigenvalue weighted by Crippen LogP contribution is -1.97. The molecule has 2 heterocycles. The molecule has 3 aromatic rings. The summed E-state index contributed by atoms with van der Waals surface area (Å²) in [5.41, 5.74) is 1.01. The van der Waals surface area contributed by atoms with E-state index < -0.39 is 0 Å². The minimum absolute atomic E-state index is 0.392. The van der Waals surface area contributed by atoms with Crippen molar-refractivity contribution in [1.82, 2.24) is 19.8 Å². The molecular weight excluding hydrogens is 276 g/mol. The number of hydrogen-bond donors (Lipinski definition) is 0. The van der Waals surface area contributed by atoms with Crippen LogP contribution in [0.3, 0.4) is 0 Å². The largest absolute Gasteiger partial charge is 0.494 e. The van der Waals surface area contributed by atoms with Gasteiger partial charge in [0.05, 0.1) is 6.61 Å². The van der Waals surface area contributed by atoms with Gasteiger partial charge in [0.15, 0.2) is 5.82 Å². The molecule has 0 N–H and O–H groups in total. The van der Waals surface area contributed by atoms with Gasteiger partial charge in [-0.15, -0.1) is 10.2 Å². The maximum absolute atomic E-state index is 5.51. The third kappa shape index (κ3) is 2.37. The molecule has 0 bridgehead atoms. The van der Waals surface area contributed by atoms with Crippen molar-refractivity contribution >= 4 is 16.3 Å². The van der Waals surface area contributed by atoms with Gasteiger partial charge in [0.25, 0.3) is 0 Å². The van der Waals surface area contributed by atoms with Crippen molar-refractivity contribution in [2.75, 3.05) is 13.7 Å². The minimum atomic E-state index is 0.392. The lowest BCUT2D eigenvalue weighted by atomic mass is 10.2. The van der Waals surface area contributed by atoms with E-state index in [4.69, 9.17) is 9.47 Å². The number of benzene rings is 1. The average Bonchev–Trinajstić information content (AvgIpc) is 3.02. The molecule has 0 unspecified atom stereocenters. The van der Waals surface area contributed by atoms with E-state index in [1.54, 1.807) is 11.6 Å². The van der Waals surface area contributed by atoms with Gasteiger partial charge in [0, 0.05) is 12.7 Å². The summed E-state index contributed by atoms with van der Waals surface area (Å²) in [7, 11) is 1.62. The van der Waals surface area contributed by atoms with Crippen molar-refractivity contribution in [2.45, 2.75) is 13.5 Å². The zero-order valence-electron chi connectivity index (χ0n) is 11.2. The molecule has 0 spiro atoms. The summed E-state index contributed by atoms with van der Waals surface area (Å²) in [5.74, 6) is 1.54. The minimum Gasteiger partial charge on any atom is -0.494 e. The van der Waals surface area contributed by atoms with Gasteiger partial charge in [-0.2, -0.15) is 9.61 Å². The summed E-state index contributed by atoms with van der Waals surface area (Å²) in [6.07, 6.45) is 0. The Morgan fingerprint density at radius 1 is 1.30 bits per heavy atom. The summed E-state index contributed by atoms with van der Waals surface area (Å²) in [6, 6.07) is 7.87. The monoisotopic (exact) mass is 290 g/mol. The van der Waals surface area contributed by atoms with Crippen LogP contribution in [0.25, 0.3) is 15.5 Å². The first kappa shape index (κ1) is 13.0. The fraction of sp³-hybridized carbons (Fsp3) is 0.308. The molecule has 7 heteroatoms. The third-order valence-electron chi connectivity index (χ3n) is 2.72. The molecule has 104 valence electrons. The predicted molar refractivity (Wildman–Crippen MR) is 76.0 cm³/mol. The van der Waals surface area contributed by atoms with Crippen LogP contribution < -0.4 is 4.74 Å². The van der Waals surface area contributed by atoms with Crippen LogP contribution in [0.2, 0.25) is 0 Å². The maximum Gasteiger partial charge on any atom is 0.235 e. The van der Waals surface area contributed by atoms with E-state index >= 15 is 0 Å². The topological polar surface area (TPSA) is 61.5 Å². The van der Waals surface area contributed by atoms with Gasteiger partial charge in [0.1, 0.15) is 17.4 Å². The fourth-order valence-corrected chi connectivity index (χ4v) is 2.73. The number of methoxy groups -OCH3 is 1. The highest BCUT2D eigenvalue weighted by Gasteiger charge is 2.13. The normalized spacial score (nSPS) is 11.1. The molecule has 1 aromatic carbocycles. The molecule has 0 atom stereocenters. The number of rotatable bonds is 5. The van der Waals surface area contributed by atoms with Crippen LogP contribution in [0.15, 0.2) is 24.3 Å². The Balaban J connectivity index is 1.99. The van der Waals surface area contributed by atoms with Crippen LogP contribution >= 0.6 is 11.3 Å². The van der Waals surface area contributed by atoms with E-state index in [-0.39, 0.29) is 0 Å². The first-order chi connectivity index (χ1) is 9.81. The van der Waals surface area contributed by atoms with Crippen LogP contribution in [-0.4, -0.2) is 33.5 Å². The lowest BCUT2D eigenvalue weighted by Gasteiger charge is -2.03. The first-order valence-corrected chi connectivity index (χ1v) is 7.06. The highest BCUT2D eigenvalue weighted by Crippen LogP contribution is 2.28. The molecule has 3 rings (SSSR count). The van der Waals surface area contributed by atoms with Crippen LogP contribution in [0.1, 0.15) is 12.7 Å². The molecule has 0 aliphatic carbocycles. The molecule has 0 fully saturated rings. The summed E-state index contributed by atoms with van der Waals surface area (Å²) in [4.78, 5) is 0.758. The van der Waals surface area contributed by atoms with Crippen molar-refractivity contribution in [1.29, 1.82) is 0 Å². The Morgan fingerprint density at radius 3 is 3.00 bits per heavy atom. The Labute approximate surface area is 120 Å². The van der Waals surface area contributed by atoms with Crippen LogP contribution in [-0.2, 0) is 11.3 Å². The first-order valence-electron chi connectivity index (χ1n) is 6.25. The lowest BCUT2D eigenvalue weighted by molar-refractivity contribution is 0.176. The maximum atomic E-state index is 5.51. The predicted octanol–water partition coefficient (Wildman–Crippen LogP) is 2.40. The third-order valence-corrected chi connectivity index (χ3v) is 3.67. The molecule has 20 heavy (non-hydrogen) atoms. The number of nitrogens with zero attached hydrogens (tertiary/aromatic N) is 4. The van der Waals surface area contributed by atoms with E-state index in [1.165, 1.54) is 11.3 Å². The second kappa shape index (κ2) is 5.56. The number of ether oxygens (including phenoxy) is 2. The van der Waals surface area contributed by atoms with Crippen LogP contribution in [0.4, 0.5) is 0 Å². The van der Waals surface area contributed by atoms with E-state index in [1.807, 2.05) is 31.2 Å². The number of fused-ring (bicyclic) bond motifs is 1. The Kier molecular flexibility index (Phi) is 3.62. The van der Waals surface area contributed by atoms with Crippen LogP contribution in [0, 0.1) is 0 Å². The van der Waals surface area contributed by atoms with Gasteiger partial charge in [0.2, 0.25) is 4.96 Å². The second-order valence-corrected chi connectivity index (χ2v) is 5.07. The van der Waals surface area contributed by atoms with E-state index in [0.29, 0.717) is 19.0 Å². The Hall–Kier alpha value is -1.99. The van der Waals surface area contributed by atoms with Gasteiger partial charge in [-0.1, -0.05) is 23.5 Å². The number of hydrogen-bond acceptors (Lipinski definition) is 6. The van der Waals surface area contributed by atoms with Crippen molar-refractivity contribution < 1.29 is 9.47 Å². The molecule has 0 saturated carbocycles. The van der Waals surface area contributed by atoms with E-state index in [2.05, 4.69) is 15.3 Å². The van der Waals surface area contributed by atoms with Crippen LogP contribution in [0.5, 0.6) is 5.75 Å². The van der Waals surface area contributed by atoms with Gasteiger partial charge in [-0.3, -0.25) is 0 Å². The van der Waals surface area contributed by atoms with Crippen molar-refractivity contribution in [3.63, 3.8) is 0 Å². The highest BCUT2D eigenvalue weighted by atomic mass is 32.1. The number of aromatic nitrogens is 4. The van der Waals surface area contributed by atoms with Gasteiger partial charge in [-0.25, -0.2) is 0 Å². The van der Waals surface area contributed by atoms with Gasteiger partial charge >= 0.3 is 0 Å². The summed E-state index contributed by atoms with van der Waals surface area (Å²) in [6.45, 7) is 3.00. The quantitative estimate of drug-likeness (QED) is 0.722. The SMILES string of the molecule is CCOc1cccc(-c2nn3c(COC)nnc3s2)c1. The standard InChI is InChI=1S/C13H14N4O2S/c1-3-19-10-6-4-5-9(7-10)12-16-17-11(8-18-2)14-15-13(17)20-12/h4-7H,3,8H2,1-2H3. The molecule has 0 radical (unpaired) electrons. The fourth-order valence-electron chi connectivity index (χ4n) is 1.88. The Morgan fingerprint density at radius 2 is 2.20 bits per heavy atom. The smallest absolute Gasteiger partial charge is 0.235 e. The van der Waals surface area contributed by atoms with Crippen molar-refractivity contribution in [2.24, 2.45) is 0 Å². The summed E-state index contributed by atoms with van der Waals surface area (Å²) in [5, 5.41) is 13.6. The molecule has 2 aromatic heterocycles. The zero-order chi connectivity index (χ0) is 13.9. The zero-order valence-corrected chi connectivity index (χ0v) is 12.1. The van der Waals surface area contributed by atoms with Gasteiger partial charge in [-0.05, 0) is 19.1 Å². The van der Waals surface area contributed by atoms with E-state index in [0.717, 1.165) is 21.3 Å². The van der Waals surface area contributed by atoms with E-state index in [9.17, 15) is 0 Å². The average molecular weight is 290 g/mol. The van der Waals surface area contributed by atoms with Gasteiger partial charge < -0.3 is 9.47 Å². The van der Waals surface area contributed by atoms with Crippen molar-refractivity contribution in [3.05, 3.63) is 30.1 Å². The summed E-state index contributed by atoms with van der Waals surface area (Å²) < 4.78 is 12.3. The summed E-state index contributed by atoms with van der Waals surface area (Å²) >= 11 is 1.49.